The zero-order valence-corrected chi connectivity index (χ0v) is 12.8. The summed E-state index contributed by atoms with van der Waals surface area (Å²) in [6, 6.07) is 23.6. The number of benzene rings is 2. The Kier molecular flexibility index (Phi) is 5.13. The maximum Gasteiger partial charge on any atom is 0.173 e. The summed E-state index contributed by atoms with van der Waals surface area (Å²) in [5, 5.41) is 0. The molecule has 1 aromatic heterocycles. The molecule has 0 amide bonds. The molecule has 0 spiro atoms. The highest BCUT2D eigenvalue weighted by Crippen LogP contribution is 2.19. The first-order valence-electron chi connectivity index (χ1n) is 6.91. The van der Waals surface area contributed by atoms with E-state index in [1.807, 2.05) is 6.07 Å². The summed E-state index contributed by atoms with van der Waals surface area (Å²) < 4.78 is 2.20. The summed E-state index contributed by atoms with van der Waals surface area (Å²) in [6.45, 7) is 3.02. The highest BCUT2D eigenvalue weighted by Gasteiger charge is 2.03. The summed E-state index contributed by atoms with van der Waals surface area (Å²) in [6.07, 6.45) is 4.25. The predicted molar refractivity (Wildman–Crippen MR) is 82.4 cm³/mol. The maximum atomic E-state index is 2.20. The van der Waals surface area contributed by atoms with Gasteiger partial charge in [-0.25, -0.2) is 4.57 Å². The SMILES string of the molecule is Cc1cc[n+](Cc2ccc(-c3ccccc3)cc2)cc1.[Cl-]. The van der Waals surface area contributed by atoms with Crippen molar-refractivity contribution in [1.82, 2.24) is 0 Å². The lowest BCUT2D eigenvalue weighted by atomic mass is 10.0. The van der Waals surface area contributed by atoms with Gasteiger partial charge in [0, 0.05) is 17.7 Å². The van der Waals surface area contributed by atoms with Crippen LogP contribution in [0.2, 0.25) is 0 Å². The summed E-state index contributed by atoms with van der Waals surface area (Å²) in [5.41, 5.74) is 5.14. The largest absolute Gasteiger partial charge is 1.00 e. The van der Waals surface area contributed by atoms with Crippen molar-refractivity contribution in [2.75, 3.05) is 0 Å². The molecule has 3 rings (SSSR count). The van der Waals surface area contributed by atoms with Crippen molar-refractivity contribution < 1.29 is 17.0 Å². The van der Waals surface area contributed by atoms with Crippen LogP contribution in [0.4, 0.5) is 0 Å². The molecule has 0 radical (unpaired) electrons. The molecule has 0 aliphatic heterocycles. The summed E-state index contributed by atoms with van der Waals surface area (Å²) in [7, 11) is 0. The molecule has 21 heavy (non-hydrogen) atoms. The van der Waals surface area contributed by atoms with Crippen LogP contribution in [0.25, 0.3) is 11.1 Å². The number of halogens is 1. The van der Waals surface area contributed by atoms with E-state index in [4.69, 9.17) is 0 Å². The van der Waals surface area contributed by atoms with E-state index >= 15 is 0 Å². The van der Waals surface area contributed by atoms with Crippen molar-refractivity contribution in [3.8, 4) is 11.1 Å². The van der Waals surface area contributed by atoms with Gasteiger partial charge < -0.3 is 12.4 Å². The molecule has 0 bridgehead atoms. The molecular formula is C19H18ClN. The molecule has 0 atom stereocenters. The number of hydrogen-bond acceptors (Lipinski definition) is 0. The van der Waals surface area contributed by atoms with E-state index in [2.05, 4.69) is 84.5 Å². The van der Waals surface area contributed by atoms with Crippen LogP contribution in [-0.4, -0.2) is 0 Å². The average molecular weight is 296 g/mol. The minimum absolute atomic E-state index is 0. The first-order valence-corrected chi connectivity index (χ1v) is 6.91. The minimum Gasteiger partial charge on any atom is -1.00 e. The Labute approximate surface area is 132 Å². The zero-order chi connectivity index (χ0) is 13.8. The number of rotatable bonds is 3. The van der Waals surface area contributed by atoms with Gasteiger partial charge in [0.05, 0.1) is 0 Å². The van der Waals surface area contributed by atoms with Gasteiger partial charge in [0.15, 0.2) is 18.9 Å². The molecule has 0 N–H and O–H groups in total. The highest BCUT2D eigenvalue weighted by molar-refractivity contribution is 5.63. The molecule has 2 aromatic carbocycles. The van der Waals surface area contributed by atoms with Crippen molar-refractivity contribution in [2.45, 2.75) is 13.5 Å². The number of hydrogen-bond donors (Lipinski definition) is 0. The van der Waals surface area contributed by atoms with Crippen molar-refractivity contribution in [1.29, 1.82) is 0 Å². The molecule has 0 saturated carbocycles. The van der Waals surface area contributed by atoms with Gasteiger partial charge >= 0.3 is 0 Å². The zero-order valence-electron chi connectivity index (χ0n) is 12.0. The van der Waals surface area contributed by atoms with Crippen molar-refractivity contribution in [3.63, 3.8) is 0 Å². The van der Waals surface area contributed by atoms with Gasteiger partial charge in [0.25, 0.3) is 0 Å². The number of aryl methyl sites for hydroxylation is 1. The molecule has 1 nitrogen and oxygen atoms in total. The third kappa shape index (κ3) is 3.93. The molecule has 1 heterocycles. The molecule has 0 unspecified atom stereocenters. The monoisotopic (exact) mass is 295 g/mol. The van der Waals surface area contributed by atoms with Gasteiger partial charge in [-0.2, -0.15) is 0 Å². The van der Waals surface area contributed by atoms with E-state index in [9.17, 15) is 0 Å². The van der Waals surface area contributed by atoms with Crippen LogP contribution in [0.3, 0.4) is 0 Å². The second kappa shape index (κ2) is 7.05. The minimum atomic E-state index is 0. The normalized spacial score (nSPS) is 9.95. The molecule has 106 valence electrons. The third-order valence-electron chi connectivity index (χ3n) is 3.48. The van der Waals surface area contributed by atoms with Crippen LogP contribution in [0.15, 0.2) is 79.1 Å². The fourth-order valence-electron chi connectivity index (χ4n) is 2.28. The maximum absolute atomic E-state index is 2.20. The van der Waals surface area contributed by atoms with Crippen molar-refractivity contribution in [2.24, 2.45) is 0 Å². The van der Waals surface area contributed by atoms with Crippen LogP contribution >= 0.6 is 0 Å². The third-order valence-corrected chi connectivity index (χ3v) is 3.48. The fraction of sp³-hybridized carbons (Fsp3) is 0.105. The summed E-state index contributed by atoms with van der Waals surface area (Å²) in [5.74, 6) is 0. The first kappa shape index (κ1) is 15.3. The molecule has 3 aromatic rings. The van der Waals surface area contributed by atoms with Gasteiger partial charge in [0.1, 0.15) is 0 Å². The van der Waals surface area contributed by atoms with Crippen LogP contribution in [0.5, 0.6) is 0 Å². The van der Waals surface area contributed by atoms with Crippen LogP contribution in [0, 0.1) is 6.92 Å². The number of aromatic nitrogens is 1. The Morgan fingerprint density at radius 2 is 1.29 bits per heavy atom. The molecule has 0 fully saturated rings. The van der Waals surface area contributed by atoms with Crippen LogP contribution < -0.4 is 17.0 Å². The lowest BCUT2D eigenvalue weighted by Crippen LogP contribution is -3.00. The lowest BCUT2D eigenvalue weighted by Gasteiger charge is -2.03. The van der Waals surface area contributed by atoms with E-state index in [1.165, 1.54) is 22.3 Å². The summed E-state index contributed by atoms with van der Waals surface area (Å²) in [4.78, 5) is 0. The van der Waals surface area contributed by atoms with E-state index in [1.54, 1.807) is 0 Å². The Bertz CT molecular complexity index is 673. The molecule has 0 saturated heterocycles. The predicted octanol–water partition coefficient (Wildman–Crippen LogP) is 1.00. The standard InChI is InChI=1S/C19H18N.ClH/c1-16-11-13-20(14-12-16)15-17-7-9-19(10-8-17)18-5-3-2-4-6-18;/h2-14H,15H2,1H3;1H/q+1;/p-1. The smallest absolute Gasteiger partial charge is 0.173 e. The number of nitrogens with zero attached hydrogens (tertiary/aromatic N) is 1. The molecule has 0 aliphatic carbocycles. The second-order valence-corrected chi connectivity index (χ2v) is 5.11. The van der Waals surface area contributed by atoms with Gasteiger partial charge in [-0.05, 0) is 23.6 Å². The summed E-state index contributed by atoms with van der Waals surface area (Å²) >= 11 is 0. The van der Waals surface area contributed by atoms with E-state index in [-0.39, 0.29) is 12.4 Å². The Hall–Kier alpha value is -2.12. The van der Waals surface area contributed by atoms with Crippen molar-refractivity contribution in [3.05, 3.63) is 90.3 Å². The van der Waals surface area contributed by atoms with E-state index in [0.717, 1.165) is 6.54 Å². The average Bonchev–Trinajstić information content (AvgIpc) is 2.51. The number of pyridine rings is 1. The van der Waals surface area contributed by atoms with Gasteiger partial charge in [-0.1, -0.05) is 54.6 Å². The van der Waals surface area contributed by atoms with E-state index < -0.39 is 0 Å². The quantitative estimate of drug-likeness (QED) is 0.635. The topological polar surface area (TPSA) is 3.88 Å². The lowest BCUT2D eigenvalue weighted by molar-refractivity contribution is -0.688. The Morgan fingerprint density at radius 1 is 0.714 bits per heavy atom. The molecule has 2 heteroatoms. The molecular weight excluding hydrogens is 278 g/mol. The first-order chi connectivity index (χ1) is 9.81. The Balaban J connectivity index is 0.00000161. The highest BCUT2D eigenvalue weighted by atomic mass is 35.5. The van der Waals surface area contributed by atoms with Gasteiger partial charge in [0.2, 0.25) is 0 Å². The molecule has 0 aliphatic rings. The van der Waals surface area contributed by atoms with Crippen LogP contribution in [-0.2, 0) is 6.54 Å². The second-order valence-electron chi connectivity index (χ2n) is 5.11. The van der Waals surface area contributed by atoms with Crippen LogP contribution in [0.1, 0.15) is 11.1 Å². The van der Waals surface area contributed by atoms with Gasteiger partial charge in [-0.3, -0.25) is 0 Å². The Morgan fingerprint density at radius 3 is 1.90 bits per heavy atom. The van der Waals surface area contributed by atoms with Crippen molar-refractivity contribution >= 4 is 0 Å². The van der Waals surface area contributed by atoms with Gasteiger partial charge in [-0.15, -0.1) is 0 Å². The fourth-order valence-corrected chi connectivity index (χ4v) is 2.28. The van der Waals surface area contributed by atoms with E-state index in [0.29, 0.717) is 0 Å².